The van der Waals surface area contributed by atoms with Gasteiger partial charge in [0.2, 0.25) is 0 Å². The Hall–Kier alpha value is -2.99. The molecule has 2 aromatic heterocycles. The van der Waals surface area contributed by atoms with E-state index < -0.39 is 5.82 Å². The molecule has 0 aliphatic heterocycles. The molecular formula is C22H20ClFN4O. The van der Waals surface area contributed by atoms with Gasteiger partial charge >= 0.3 is 0 Å². The second kappa shape index (κ2) is 7.44. The van der Waals surface area contributed by atoms with E-state index >= 15 is 0 Å². The van der Waals surface area contributed by atoms with Crippen molar-refractivity contribution >= 4 is 22.5 Å². The second-order valence-electron chi connectivity index (χ2n) is 7.31. The molecule has 0 amide bonds. The zero-order chi connectivity index (χ0) is 20.7. The van der Waals surface area contributed by atoms with Gasteiger partial charge in [-0.15, -0.1) is 0 Å². The molecular weight excluding hydrogens is 391 g/mol. The number of fused-ring (bicyclic) bond motifs is 1. The minimum atomic E-state index is -0.468. The van der Waals surface area contributed by atoms with Crippen LogP contribution in [0, 0.1) is 12.7 Å². The van der Waals surface area contributed by atoms with Gasteiger partial charge in [-0.25, -0.2) is 13.8 Å². The molecule has 4 aromatic rings. The molecule has 4 rings (SSSR count). The number of hydrogen-bond donors (Lipinski definition) is 0. The number of halogens is 2. The van der Waals surface area contributed by atoms with Crippen LogP contribution in [0.1, 0.15) is 36.6 Å². The van der Waals surface area contributed by atoms with E-state index in [1.165, 1.54) is 16.8 Å². The molecule has 0 fully saturated rings. The molecule has 29 heavy (non-hydrogen) atoms. The maximum Gasteiger partial charge on any atom is 0.293 e. The van der Waals surface area contributed by atoms with E-state index in [1.807, 2.05) is 45.0 Å². The summed E-state index contributed by atoms with van der Waals surface area (Å²) < 4.78 is 17.2. The molecule has 2 aromatic carbocycles. The third-order valence-electron chi connectivity index (χ3n) is 4.97. The highest BCUT2D eigenvalue weighted by atomic mass is 35.5. The van der Waals surface area contributed by atoms with Crippen LogP contribution in [0.5, 0.6) is 0 Å². The molecule has 0 saturated heterocycles. The van der Waals surface area contributed by atoms with Crippen LogP contribution in [0.15, 0.2) is 53.5 Å². The number of aryl methyl sites for hydroxylation is 1. The highest BCUT2D eigenvalue weighted by molar-refractivity contribution is 6.31. The average Bonchev–Trinajstić information content (AvgIpc) is 3.12. The van der Waals surface area contributed by atoms with Crippen LogP contribution in [0.3, 0.4) is 0 Å². The Bertz CT molecular complexity index is 1260. The molecule has 0 aliphatic carbocycles. The lowest BCUT2D eigenvalue weighted by atomic mass is 10.1. The molecule has 0 aliphatic rings. The minimum Gasteiger partial charge on any atom is -0.265 e. The molecule has 0 radical (unpaired) electrons. The van der Waals surface area contributed by atoms with E-state index in [0.717, 1.165) is 16.9 Å². The van der Waals surface area contributed by atoms with Gasteiger partial charge in [-0.05, 0) is 36.6 Å². The van der Waals surface area contributed by atoms with Crippen molar-refractivity contribution in [1.82, 2.24) is 19.6 Å². The summed E-state index contributed by atoms with van der Waals surface area (Å²) in [5.74, 6) is -0.417. The molecule has 0 unspecified atom stereocenters. The average molecular weight is 411 g/mol. The monoisotopic (exact) mass is 410 g/mol. The maximum atomic E-state index is 14.3. The molecule has 5 nitrogen and oxygen atoms in total. The van der Waals surface area contributed by atoms with Crippen LogP contribution in [-0.2, 0) is 6.54 Å². The predicted octanol–water partition coefficient (Wildman–Crippen LogP) is 4.85. The first-order valence-electron chi connectivity index (χ1n) is 9.36. The van der Waals surface area contributed by atoms with Gasteiger partial charge in [0.1, 0.15) is 11.3 Å². The normalized spacial score (nSPS) is 11.5. The van der Waals surface area contributed by atoms with E-state index in [-0.39, 0.29) is 28.6 Å². The summed E-state index contributed by atoms with van der Waals surface area (Å²) in [5.41, 5.74) is 2.85. The predicted molar refractivity (Wildman–Crippen MR) is 112 cm³/mol. The van der Waals surface area contributed by atoms with Gasteiger partial charge < -0.3 is 0 Å². The largest absolute Gasteiger partial charge is 0.293 e. The maximum absolute atomic E-state index is 14.3. The number of nitrogens with zero attached hydrogens (tertiary/aromatic N) is 4. The lowest BCUT2D eigenvalue weighted by Crippen LogP contribution is -2.27. The standard InChI is InChI=1S/C22H20ClFN4O/c1-13(2)20-15-11-25-28(19-10-5-4-7-14(19)3)21(15)22(29)27(26-20)12-16-17(23)8-6-9-18(16)24/h4-11,13H,12H2,1-3H3. The number of para-hydroxylation sites is 1. The van der Waals surface area contributed by atoms with E-state index in [4.69, 9.17) is 11.6 Å². The molecule has 0 bridgehead atoms. The molecule has 148 valence electrons. The van der Waals surface area contributed by atoms with Gasteiger partial charge in [-0.3, -0.25) is 4.79 Å². The molecule has 7 heteroatoms. The zero-order valence-electron chi connectivity index (χ0n) is 16.4. The quantitative estimate of drug-likeness (QED) is 0.483. The van der Waals surface area contributed by atoms with E-state index in [0.29, 0.717) is 10.9 Å². The third kappa shape index (κ3) is 3.34. The fraction of sp³-hybridized carbons (Fsp3) is 0.227. The number of rotatable bonds is 4. The van der Waals surface area contributed by atoms with E-state index in [1.54, 1.807) is 16.9 Å². The highest BCUT2D eigenvalue weighted by Crippen LogP contribution is 2.25. The van der Waals surface area contributed by atoms with Crippen LogP contribution >= 0.6 is 11.6 Å². The number of hydrogen-bond acceptors (Lipinski definition) is 3. The van der Waals surface area contributed by atoms with Crippen molar-refractivity contribution < 1.29 is 4.39 Å². The zero-order valence-corrected chi connectivity index (χ0v) is 17.1. The van der Waals surface area contributed by atoms with Crippen molar-refractivity contribution in [3.05, 3.63) is 86.7 Å². The SMILES string of the molecule is Cc1ccccc1-n1ncc2c(C(C)C)nn(Cc3c(F)cccc3Cl)c(=O)c21. The summed E-state index contributed by atoms with van der Waals surface area (Å²) in [6, 6.07) is 12.2. The Kier molecular flexibility index (Phi) is 4.96. The fourth-order valence-electron chi connectivity index (χ4n) is 3.44. The van der Waals surface area contributed by atoms with Gasteiger partial charge in [-0.1, -0.05) is 49.7 Å². The van der Waals surface area contributed by atoms with E-state index in [2.05, 4.69) is 10.2 Å². The number of aromatic nitrogens is 4. The van der Waals surface area contributed by atoms with Gasteiger partial charge in [0.05, 0.1) is 24.1 Å². The Morgan fingerprint density at radius 3 is 2.59 bits per heavy atom. The Morgan fingerprint density at radius 2 is 1.90 bits per heavy atom. The fourth-order valence-corrected chi connectivity index (χ4v) is 3.67. The Morgan fingerprint density at radius 1 is 1.14 bits per heavy atom. The lowest BCUT2D eigenvalue weighted by Gasteiger charge is -2.14. The minimum absolute atomic E-state index is 0.0509. The summed E-state index contributed by atoms with van der Waals surface area (Å²) in [6.07, 6.45) is 1.67. The van der Waals surface area contributed by atoms with Crippen molar-refractivity contribution in [3.63, 3.8) is 0 Å². The molecule has 0 N–H and O–H groups in total. The molecule has 0 saturated carbocycles. The summed E-state index contributed by atoms with van der Waals surface area (Å²) in [4.78, 5) is 13.4. The highest BCUT2D eigenvalue weighted by Gasteiger charge is 2.20. The first kappa shape index (κ1) is 19.3. The van der Waals surface area contributed by atoms with Gasteiger partial charge in [0.15, 0.2) is 0 Å². The van der Waals surface area contributed by atoms with E-state index in [9.17, 15) is 9.18 Å². The van der Waals surface area contributed by atoms with Crippen molar-refractivity contribution in [2.45, 2.75) is 33.2 Å². The smallest absolute Gasteiger partial charge is 0.265 e. The summed E-state index contributed by atoms with van der Waals surface area (Å²) in [7, 11) is 0. The Balaban J connectivity index is 2.00. The second-order valence-corrected chi connectivity index (χ2v) is 7.72. The molecule has 0 atom stereocenters. The topological polar surface area (TPSA) is 52.7 Å². The lowest BCUT2D eigenvalue weighted by molar-refractivity contribution is 0.564. The summed E-state index contributed by atoms with van der Waals surface area (Å²) >= 11 is 6.18. The summed E-state index contributed by atoms with van der Waals surface area (Å²) in [5, 5.41) is 9.97. The van der Waals surface area contributed by atoms with Crippen LogP contribution in [0.4, 0.5) is 4.39 Å². The van der Waals surface area contributed by atoms with Crippen LogP contribution < -0.4 is 5.56 Å². The van der Waals surface area contributed by atoms with Crippen LogP contribution in [0.25, 0.3) is 16.6 Å². The summed E-state index contributed by atoms with van der Waals surface area (Å²) in [6.45, 7) is 5.90. The first-order chi connectivity index (χ1) is 13.9. The third-order valence-corrected chi connectivity index (χ3v) is 5.32. The van der Waals surface area contributed by atoms with Crippen molar-refractivity contribution in [2.24, 2.45) is 0 Å². The van der Waals surface area contributed by atoms with Gasteiger partial charge in [0, 0.05) is 16.0 Å². The molecule has 0 spiro atoms. The van der Waals surface area contributed by atoms with Crippen molar-refractivity contribution in [3.8, 4) is 5.69 Å². The van der Waals surface area contributed by atoms with Crippen molar-refractivity contribution in [2.75, 3.05) is 0 Å². The van der Waals surface area contributed by atoms with Crippen LogP contribution in [0.2, 0.25) is 5.02 Å². The van der Waals surface area contributed by atoms with Crippen molar-refractivity contribution in [1.29, 1.82) is 0 Å². The Labute approximate surface area is 172 Å². The van der Waals surface area contributed by atoms with Crippen LogP contribution in [-0.4, -0.2) is 19.6 Å². The molecule has 2 heterocycles. The first-order valence-corrected chi connectivity index (χ1v) is 9.74. The number of benzene rings is 2. The van der Waals surface area contributed by atoms with Gasteiger partial charge in [0.25, 0.3) is 5.56 Å². The van der Waals surface area contributed by atoms with Gasteiger partial charge in [-0.2, -0.15) is 10.2 Å².